The second-order valence-corrected chi connectivity index (χ2v) is 5.81. The summed E-state index contributed by atoms with van der Waals surface area (Å²) in [6.45, 7) is 7.20. The van der Waals surface area contributed by atoms with Gasteiger partial charge in [0, 0.05) is 23.8 Å². The Morgan fingerprint density at radius 2 is 2.14 bits per heavy atom. The summed E-state index contributed by atoms with van der Waals surface area (Å²) in [5.74, 6) is -0.306. The Kier molecular flexibility index (Phi) is 5.42. The fourth-order valence-corrected chi connectivity index (χ4v) is 2.89. The van der Waals surface area contributed by atoms with E-state index in [0.717, 1.165) is 11.3 Å². The number of benzene rings is 1. The van der Waals surface area contributed by atoms with E-state index in [9.17, 15) is 9.59 Å². The molecule has 6 heteroatoms. The van der Waals surface area contributed by atoms with Crippen LogP contribution in [0.15, 0.2) is 18.2 Å². The molecule has 1 fully saturated rings. The van der Waals surface area contributed by atoms with Crippen LogP contribution in [0, 0.1) is 6.92 Å². The molecule has 0 radical (unpaired) electrons. The number of anilines is 1. The standard InChI is InChI=1S/C16H21ClN2O3/c1-4-22-15(20)10-18-7-8-19(16(21)12(18)3)14-6-5-13(17)9-11(14)2/h5-6,9,12H,4,7-8,10H2,1-3H3/t12-/m1/s1. The summed E-state index contributed by atoms with van der Waals surface area (Å²) in [5, 5.41) is 0.655. The first kappa shape index (κ1) is 16.8. The molecule has 0 spiro atoms. The van der Waals surface area contributed by atoms with Crippen molar-refractivity contribution in [2.24, 2.45) is 0 Å². The molecule has 1 saturated heterocycles. The van der Waals surface area contributed by atoms with Gasteiger partial charge in [0.1, 0.15) is 0 Å². The van der Waals surface area contributed by atoms with Gasteiger partial charge in [-0.25, -0.2) is 0 Å². The number of piperazine rings is 1. The maximum atomic E-state index is 12.6. The number of hydrogen-bond donors (Lipinski definition) is 0. The molecule has 1 aromatic carbocycles. The van der Waals surface area contributed by atoms with Crippen LogP contribution in [0.3, 0.4) is 0 Å². The van der Waals surface area contributed by atoms with E-state index in [2.05, 4.69) is 0 Å². The fraction of sp³-hybridized carbons (Fsp3) is 0.500. The summed E-state index contributed by atoms with van der Waals surface area (Å²) in [5.41, 5.74) is 1.84. The first-order chi connectivity index (χ1) is 10.4. The van der Waals surface area contributed by atoms with Gasteiger partial charge in [-0.05, 0) is 44.5 Å². The van der Waals surface area contributed by atoms with Crippen molar-refractivity contribution < 1.29 is 14.3 Å². The SMILES string of the molecule is CCOC(=O)CN1CCN(c2ccc(Cl)cc2C)C(=O)[C@H]1C. The van der Waals surface area contributed by atoms with E-state index in [4.69, 9.17) is 16.3 Å². The van der Waals surface area contributed by atoms with Crippen LogP contribution >= 0.6 is 11.6 Å². The van der Waals surface area contributed by atoms with E-state index in [1.165, 1.54) is 0 Å². The summed E-state index contributed by atoms with van der Waals surface area (Å²) in [6, 6.07) is 5.14. The molecule has 1 heterocycles. The summed E-state index contributed by atoms with van der Waals surface area (Å²) in [4.78, 5) is 27.8. The normalized spacial score (nSPS) is 19.4. The van der Waals surface area contributed by atoms with Crippen LogP contribution in [0.5, 0.6) is 0 Å². The Morgan fingerprint density at radius 1 is 1.41 bits per heavy atom. The van der Waals surface area contributed by atoms with Crippen molar-refractivity contribution >= 4 is 29.2 Å². The molecule has 1 aliphatic rings. The Hall–Kier alpha value is -1.59. The van der Waals surface area contributed by atoms with Gasteiger partial charge in [-0.3, -0.25) is 14.5 Å². The Morgan fingerprint density at radius 3 is 2.77 bits per heavy atom. The number of halogens is 1. The molecule has 0 saturated carbocycles. The van der Waals surface area contributed by atoms with Crippen molar-refractivity contribution in [3.63, 3.8) is 0 Å². The molecule has 1 amide bonds. The molecule has 0 N–H and O–H groups in total. The van der Waals surface area contributed by atoms with Crippen molar-refractivity contribution in [1.82, 2.24) is 4.90 Å². The minimum Gasteiger partial charge on any atom is -0.465 e. The van der Waals surface area contributed by atoms with Crippen molar-refractivity contribution in [2.75, 3.05) is 31.1 Å². The highest BCUT2D eigenvalue weighted by atomic mass is 35.5. The topological polar surface area (TPSA) is 49.9 Å². The predicted molar refractivity (Wildman–Crippen MR) is 86.2 cm³/mol. The van der Waals surface area contributed by atoms with Crippen molar-refractivity contribution in [3.8, 4) is 0 Å². The highest BCUT2D eigenvalue weighted by Crippen LogP contribution is 2.26. The van der Waals surface area contributed by atoms with E-state index in [1.54, 1.807) is 17.9 Å². The first-order valence-electron chi connectivity index (χ1n) is 7.41. The number of nitrogens with zero attached hydrogens (tertiary/aromatic N) is 2. The third-order valence-corrected chi connectivity index (χ3v) is 4.10. The van der Waals surface area contributed by atoms with Gasteiger partial charge in [0.05, 0.1) is 19.2 Å². The summed E-state index contributed by atoms with van der Waals surface area (Å²) in [7, 11) is 0. The molecule has 5 nitrogen and oxygen atoms in total. The van der Waals surface area contributed by atoms with Gasteiger partial charge in [-0.15, -0.1) is 0 Å². The Labute approximate surface area is 135 Å². The largest absolute Gasteiger partial charge is 0.465 e. The molecular weight excluding hydrogens is 304 g/mol. The van der Waals surface area contributed by atoms with Crippen molar-refractivity contribution in [2.45, 2.75) is 26.8 Å². The zero-order valence-corrected chi connectivity index (χ0v) is 13.9. The molecule has 1 atom stereocenters. The minimum absolute atomic E-state index is 0.0130. The lowest BCUT2D eigenvalue weighted by Gasteiger charge is -2.39. The van der Waals surface area contributed by atoms with E-state index in [1.807, 2.05) is 30.9 Å². The molecule has 1 aliphatic heterocycles. The van der Waals surface area contributed by atoms with Gasteiger partial charge < -0.3 is 9.64 Å². The number of esters is 1. The van der Waals surface area contributed by atoms with Crippen molar-refractivity contribution in [1.29, 1.82) is 0 Å². The number of hydrogen-bond acceptors (Lipinski definition) is 4. The number of rotatable bonds is 4. The molecule has 22 heavy (non-hydrogen) atoms. The van der Waals surface area contributed by atoms with E-state index in [-0.39, 0.29) is 24.5 Å². The van der Waals surface area contributed by atoms with E-state index >= 15 is 0 Å². The average Bonchev–Trinajstić information content (AvgIpc) is 2.45. The van der Waals surface area contributed by atoms with Gasteiger partial charge in [0.25, 0.3) is 0 Å². The molecule has 0 unspecified atom stereocenters. The monoisotopic (exact) mass is 324 g/mol. The van der Waals surface area contributed by atoms with Gasteiger partial charge in [-0.1, -0.05) is 11.6 Å². The Balaban J connectivity index is 2.10. The first-order valence-corrected chi connectivity index (χ1v) is 7.79. The minimum atomic E-state index is -0.353. The molecule has 120 valence electrons. The maximum Gasteiger partial charge on any atom is 0.320 e. The Bertz CT molecular complexity index is 577. The van der Waals surface area contributed by atoms with Gasteiger partial charge >= 0.3 is 5.97 Å². The van der Waals surface area contributed by atoms with Crippen molar-refractivity contribution in [3.05, 3.63) is 28.8 Å². The maximum absolute atomic E-state index is 12.6. The third-order valence-electron chi connectivity index (χ3n) is 3.87. The number of ether oxygens (including phenoxy) is 1. The second-order valence-electron chi connectivity index (χ2n) is 5.37. The van der Waals surface area contributed by atoms with Gasteiger partial charge in [-0.2, -0.15) is 0 Å². The van der Waals surface area contributed by atoms with Crippen LogP contribution in [0.1, 0.15) is 19.4 Å². The number of carbonyl (C=O) groups excluding carboxylic acids is 2. The van der Waals surface area contributed by atoms with E-state index in [0.29, 0.717) is 24.7 Å². The quantitative estimate of drug-likeness (QED) is 0.797. The third kappa shape index (κ3) is 3.59. The van der Waals surface area contributed by atoms with Crippen LogP contribution in [0.2, 0.25) is 5.02 Å². The molecular formula is C16H21ClN2O3. The molecule has 1 aromatic rings. The summed E-state index contributed by atoms with van der Waals surface area (Å²) in [6.07, 6.45) is 0. The van der Waals surface area contributed by atoms with E-state index < -0.39 is 0 Å². The fourth-order valence-electron chi connectivity index (χ4n) is 2.66. The van der Waals surface area contributed by atoms with Crippen LogP contribution in [0.4, 0.5) is 5.69 Å². The summed E-state index contributed by atoms with van der Waals surface area (Å²) >= 11 is 5.97. The second kappa shape index (κ2) is 7.11. The predicted octanol–water partition coefficient (Wildman–Crippen LogP) is 2.25. The van der Waals surface area contributed by atoms with Crippen LogP contribution < -0.4 is 4.90 Å². The molecule has 2 rings (SSSR count). The smallest absolute Gasteiger partial charge is 0.320 e. The van der Waals surface area contributed by atoms with Crippen LogP contribution in [-0.2, 0) is 14.3 Å². The molecule has 0 aliphatic carbocycles. The average molecular weight is 325 g/mol. The summed E-state index contributed by atoms with van der Waals surface area (Å²) < 4.78 is 4.95. The van der Waals surface area contributed by atoms with Gasteiger partial charge in [0.2, 0.25) is 5.91 Å². The lowest BCUT2D eigenvalue weighted by Crippen LogP contribution is -2.57. The van der Waals surface area contributed by atoms with Crippen LogP contribution in [0.25, 0.3) is 0 Å². The highest BCUT2D eigenvalue weighted by molar-refractivity contribution is 6.30. The number of amides is 1. The molecule has 0 aromatic heterocycles. The molecule has 0 bridgehead atoms. The highest BCUT2D eigenvalue weighted by Gasteiger charge is 2.33. The lowest BCUT2D eigenvalue weighted by atomic mass is 10.1. The number of aryl methyl sites for hydroxylation is 1. The zero-order valence-electron chi connectivity index (χ0n) is 13.1. The number of carbonyl (C=O) groups is 2. The lowest BCUT2D eigenvalue weighted by molar-refractivity contribution is -0.145. The zero-order chi connectivity index (χ0) is 16.3. The van der Waals surface area contributed by atoms with Crippen LogP contribution in [-0.4, -0.2) is 49.1 Å². The van der Waals surface area contributed by atoms with Gasteiger partial charge in [0.15, 0.2) is 0 Å².